The zero-order valence-corrected chi connectivity index (χ0v) is 15.2. The Bertz CT molecular complexity index is 586. The van der Waals surface area contributed by atoms with E-state index >= 15 is 0 Å². The van der Waals surface area contributed by atoms with E-state index in [4.69, 9.17) is 0 Å². The van der Waals surface area contributed by atoms with Gasteiger partial charge in [-0.05, 0) is 32.9 Å². The minimum Gasteiger partial charge on any atom is -0.353 e. The minimum absolute atomic E-state index is 0.0317. The van der Waals surface area contributed by atoms with Gasteiger partial charge < -0.3 is 10.2 Å². The second kappa shape index (κ2) is 8.29. The number of carbonyl (C=O) groups is 2. The first-order chi connectivity index (χ1) is 11.4. The van der Waals surface area contributed by atoms with Crippen molar-refractivity contribution in [2.24, 2.45) is 0 Å². The minimum atomic E-state index is -0.352. The lowest BCUT2D eigenvalue weighted by Crippen LogP contribution is -2.56. The van der Waals surface area contributed by atoms with E-state index in [0.717, 1.165) is 18.7 Å². The fourth-order valence-corrected chi connectivity index (χ4v) is 3.21. The zero-order chi connectivity index (χ0) is 17.7. The van der Waals surface area contributed by atoms with Crippen molar-refractivity contribution in [3.8, 4) is 0 Å². The third-order valence-corrected chi connectivity index (χ3v) is 4.59. The highest BCUT2D eigenvalue weighted by molar-refractivity contribution is 5.89. The van der Waals surface area contributed by atoms with Gasteiger partial charge in [-0.1, -0.05) is 36.8 Å². The second-order valence-electron chi connectivity index (χ2n) is 6.74. The summed E-state index contributed by atoms with van der Waals surface area (Å²) >= 11 is 0. The third kappa shape index (κ3) is 4.57. The molecule has 1 aromatic carbocycles. The summed E-state index contributed by atoms with van der Waals surface area (Å²) in [7, 11) is 0. The Kier molecular flexibility index (Phi) is 6.37. The molecule has 1 aliphatic rings. The molecule has 5 heteroatoms. The van der Waals surface area contributed by atoms with Crippen LogP contribution in [0.2, 0.25) is 0 Å². The van der Waals surface area contributed by atoms with Crippen LogP contribution >= 0.6 is 0 Å². The fraction of sp³-hybridized carbons (Fsp3) is 0.579. The highest BCUT2D eigenvalue weighted by Crippen LogP contribution is 2.15. The molecular weight excluding hydrogens is 302 g/mol. The van der Waals surface area contributed by atoms with Crippen LogP contribution in [0.5, 0.6) is 0 Å². The number of benzene rings is 1. The van der Waals surface area contributed by atoms with Gasteiger partial charge in [0, 0.05) is 25.7 Å². The first kappa shape index (κ1) is 18.5. The Hall–Kier alpha value is -1.88. The standard InChI is InChI=1S/C19H29N3O2/c1-5-21-10-9-20-19(24)17(21)12-18(23)22(14(2)3)13-16-8-6-7-15(4)11-16/h6-8,11,14,17H,5,9-10,12-13H2,1-4H3,(H,20,24)/t17-/m0/s1. The van der Waals surface area contributed by atoms with Gasteiger partial charge in [-0.3, -0.25) is 14.5 Å². The quantitative estimate of drug-likeness (QED) is 0.867. The largest absolute Gasteiger partial charge is 0.353 e. The van der Waals surface area contributed by atoms with Crippen molar-refractivity contribution in [2.45, 2.75) is 52.7 Å². The summed E-state index contributed by atoms with van der Waals surface area (Å²) in [5, 5.41) is 2.88. The van der Waals surface area contributed by atoms with E-state index in [9.17, 15) is 9.59 Å². The molecule has 1 N–H and O–H groups in total. The average molecular weight is 331 g/mol. The molecule has 0 saturated carbocycles. The van der Waals surface area contributed by atoms with Crippen LogP contribution < -0.4 is 5.32 Å². The van der Waals surface area contributed by atoms with Crippen LogP contribution in [0.3, 0.4) is 0 Å². The Balaban J connectivity index is 2.09. The Morgan fingerprint density at radius 3 is 2.79 bits per heavy atom. The molecule has 2 rings (SSSR count). The first-order valence-corrected chi connectivity index (χ1v) is 8.79. The molecule has 24 heavy (non-hydrogen) atoms. The molecule has 0 aromatic heterocycles. The summed E-state index contributed by atoms with van der Waals surface area (Å²) in [6, 6.07) is 7.96. The number of likely N-dealkylation sites (N-methyl/N-ethyl adjacent to an activating group) is 1. The van der Waals surface area contributed by atoms with Gasteiger partial charge in [0.25, 0.3) is 0 Å². The molecule has 132 valence electrons. The molecule has 5 nitrogen and oxygen atoms in total. The van der Waals surface area contributed by atoms with Crippen LogP contribution in [0.1, 0.15) is 38.3 Å². The van der Waals surface area contributed by atoms with Gasteiger partial charge >= 0.3 is 0 Å². The molecule has 1 saturated heterocycles. The van der Waals surface area contributed by atoms with E-state index in [1.54, 1.807) is 0 Å². The molecular formula is C19H29N3O2. The average Bonchev–Trinajstić information content (AvgIpc) is 2.54. The van der Waals surface area contributed by atoms with Crippen LogP contribution in [0.4, 0.5) is 0 Å². The zero-order valence-electron chi connectivity index (χ0n) is 15.2. The van der Waals surface area contributed by atoms with Gasteiger partial charge in [0.05, 0.1) is 12.5 Å². The van der Waals surface area contributed by atoms with Crippen molar-refractivity contribution in [3.63, 3.8) is 0 Å². The summed E-state index contributed by atoms with van der Waals surface area (Å²) in [5.74, 6) is 0.00252. The number of amides is 2. The predicted molar refractivity (Wildman–Crippen MR) is 95.5 cm³/mol. The number of aryl methyl sites for hydroxylation is 1. The maximum atomic E-state index is 12.9. The molecule has 0 bridgehead atoms. The van der Waals surface area contributed by atoms with Crippen LogP contribution in [0.15, 0.2) is 24.3 Å². The van der Waals surface area contributed by atoms with Gasteiger partial charge in [0.1, 0.15) is 0 Å². The van der Waals surface area contributed by atoms with E-state index in [-0.39, 0.29) is 30.3 Å². The smallest absolute Gasteiger partial charge is 0.237 e. The number of hydrogen-bond acceptors (Lipinski definition) is 3. The normalized spacial score (nSPS) is 18.5. The van der Waals surface area contributed by atoms with Gasteiger partial charge in [-0.15, -0.1) is 0 Å². The third-order valence-electron chi connectivity index (χ3n) is 4.59. The van der Waals surface area contributed by atoms with Crippen molar-refractivity contribution in [3.05, 3.63) is 35.4 Å². The fourth-order valence-electron chi connectivity index (χ4n) is 3.21. The van der Waals surface area contributed by atoms with Gasteiger partial charge in [-0.2, -0.15) is 0 Å². The van der Waals surface area contributed by atoms with Crippen molar-refractivity contribution in [1.29, 1.82) is 0 Å². The number of rotatable bonds is 6. The number of nitrogens with one attached hydrogen (secondary N) is 1. The summed E-state index contributed by atoms with van der Waals surface area (Å²) in [6.07, 6.45) is 0.240. The molecule has 0 radical (unpaired) electrons. The molecule has 0 spiro atoms. The molecule has 2 amide bonds. The molecule has 0 unspecified atom stereocenters. The Morgan fingerprint density at radius 1 is 1.42 bits per heavy atom. The highest BCUT2D eigenvalue weighted by Gasteiger charge is 2.32. The second-order valence-corrected chi connectivity index (χ2v) is 6.74. The van der Waals surface area contributed by atoms with Crippen molar-refractivity contribution in [2.75, 3.05) is 19.6 Å². The molecule has 1 atom stereocenters. The van der Waals surface area contributed by atoms with Crippen molar-refractivity contribution < 1.29 is 9.59 Å². The lowest BCUT2D eigenvalue weighted by atomic mass is 10.1. The molecule has 1 aliphatic heterocycles. The van der Waals surface area contributed by atoms with E-state index in [0.29, 0.717) is 13.1 Å². The monoisotopic (exact) mass is 331 g/mol. The summed E-state index contributed by atoms with van der Waals surface area (Å²) in [5.41, 5.74) is 2.31. The topological polar surface area (TPSA) is 52.7 Å². The van der Waals surface area contributed by atoms with Gasteiger partial charge in [0.2, 0.25) is 11.8 Å². The maximum absolute atomic E-state index is 12.9. The van der Waals surface area contributed by atoms with Crippen LogP contribution in [-0.4, -0.2) is 53.3 Å². The predicted octanol–water partition coefficient (Wildman–Crippen LogP) is 1.94. The maximum Gasteiger partial charge on any atom is 0.237 e. The SMILES string of the molecule is CCN1CCNC(=O)[C@@H]1CC(=O)N(Cc1cccc(C)c1)C(C)C. The molecule has 1 heterocycles. The van der Waals surface area contributed by atoms with E-state index in [2.05, 4.69) is 29.3 Å². The van der Waals surface area contributed by atoms with Gasteiger partial charge in [-0.25, -0.2) is 0 Å². The first-order valence-electron chi connectivity index (χ1n) is 8.79. The number of hydrogen-bond donors (Lipinski definition) is 1. The van der Waals surface area contributed by atoms with Crippen molar-refractivity contribution in [1.82, 2.24) is 15.1 Å². The van der Waals surface area contributed by atoms with Crippen molar-refractivity contribution >= 4 is 11.8 Å². The van der Waals surface area contributed by atoms with Crippen LogP contribution in [0.25, 0.3) is 0 Å². The summed E-state index contributed by atoms with van der Waals surface area (Å²) < 4.78 is 0. The lowest BCUT2D eigenvalue weighted by Gasteiger charge is -2.35. The summed E-state index contributed by atoms with van der Waals surface area (Å²) in [4.78, 5) is 29.0. The van der Waals surface area contributed by atoms with E-state index in [1.807, 2.05) is 37.8 Å². The Labute approximate surface area is 145 Å². The molecule has 0 aliphatic carbocycles. The number of carbonyl (C=O) groups excluding carboxylic acids is 2. The lowest BCUT2D eigenvalue weighted by molar-refractivity contribution is -0.140. The van der Waals surface area contributed by atoms with E-state index in [1.165, 1.54) is 5.56 Å². The highest BCUT2D eigenvalue weighted by atomic mass is 16.2. The molecule has 1 fully saturated rings. The van der Waals surface area contributed by atoms with E-state index < -0.39 is 0 Å². The number of nitrogens with zero attached hydrogens (tertiary/aromatic N) is 2. The molecule has 1 aromatic rings. The Morgan fingerprint density at radius 2 is 2.17 bits per heavy atom. The number of piperazine rings is 1. The van der Waals surface area contributed by atoms with Crippen LogP contribution in [-0.2, 0) is 16.1 Å². The van der Waals surface area contributed by atoms with Gasteiger partial charge in [0.15, 0.2) is 0 Å². The summed E-state index contributed by atoms with van der Waals surface area (Å²) in [6.45, 7) is 11.0. The van der Waals surface area contributed by atoms with Crippen LogP contribution in [0, 0.1) is 6.92 Å².